The first-order valence-corrected chi connectivity index (χ1v) is 16.2. The summed E-state index contributed by atoms with van der Waals surface area (Å²) in [6, 6.07) is 57.6. The van der Waals surface area contributed by atoms with Crippen molar-refractivity contribution in [2.45, 2.75) is 0 Å². The van der Waals surface area contributed by atoms with Gasteiger partial charge in [0.1, 0.15) is 0 Å². The van der Waals surface area contributed by atoms with E-state index in [-0.39, 0.29) is 0 Å². The van der Waals surface area contributed by atoms with Crippen LogP contribution in [0.25, 0.3) is 86.3 Å². The second kappa shape index (κ2) is 9.43. The standard InChI is InChI=1S/C42H26N2S/c1-2-11-27(12-3-1)28-21-23-29(24-22-28)43-35-16-7-4-13-30(35)33-26-39-34(25-38(33)43)31-14-5-8-17-36(31)44(39)37-18-10-20-41-42(37)32-15-6-9-19-40(32)45-41/h1-26H. The molecule has 0 fully saturated rings. The molecule has 0 bridgehead atoms. The van der Waals surface area contributed by atoms with Crippen LogP contribution in [0.15, 0.2) is 158 Å². The minimum absolute atomic E-state index is 1.17. The molecule has 0 saturated carbocycles. The molecule has 0 unspecified atom stereocenters. The van der Waals surface area contributed by atoms with Crippen LogP contribution < -0.4 is 0 Å². The molecule has 3 aromatic heterocycles. The highest BCUT2D eigenvalue weighted by Gasteiger charge is 2.20. The van der Waals surface area contributed by atoms with Crippen LogP contribution in [0.2, 0.25) is 0 Å². The minimum Gasteiger partial charge on any atom is -0.309 e. The fourth-order valence-electron chi connectivity index (χ4n) is 7.34. The van der Waals surface area contributed by atoms with Crippen molar-refractivity contribution >= 4 is 75.1 Å². The van der Waals surface area contributed by atoms with Gasteiger partial charge in [-0.25, -0.2) is 0 Å². The Bertz CT molecular complexity index is 2740. The smallest absolute Gasteiger partial charge is 0.0555 e. The quantitative estimate of drug-likeness (QED) is 0.194. The lowest BCUT2D eigenvalue weighted by Gasteiger charge is -2.11. The molecule has 0 N–H and O–H groups in total. The molecule has 3 heteroatoms. The predicted octanol–water partition coefficient (Wildman–Crippen LogP) is 11.9. The van der Waals surface area contributed by atoms with E-state index >= 15 is 0 Å². The third-order valence-electron chi connectivity index (χ3n) is 9.32. The third-order valence-corrected chi connectivity index (χ3v) is 10.5. The zero-order valence-corrected chi connectivity index (χ0v) is 25.1. The molecule has 0 amide bonds. The molecule has 3 heterocycles. The maximum Gasteiger partial charge on any atom is 0.0555 e. The van der Waals surface area contributed by atoms with Gasteiger partial charge in [-0.2, -0.15) is 0 Å². The highest BCUT2D eigenvalue weighted by Crippen LogP contribution is 2.43. The van der Waals surface area contributed by atoms with Gasteiger partial charge in [-0.1, -0.05) is 103 Å². The second-order valence-corrected chi connectivity index (χ2v) is 12.8. The molecule has 0 atom stereocenters. The van der Waals surface area contributed by atoms with Gasteiger partial charge < -0.3 is 9.13 Å². The van der Waals surface area contributed by atoms with Gasteiger partial charge in [-0.05, 0) is 65.7 Å². The molecule has 0 radical (unpaired) electrons. The Kier molecular flexibility index (Phi) is 5.19. The third kappa shape index (κ3) is 3.56. The Morgan fingerprint density at radius 2 is 0.911 bits per heavy atom. The van der Waals surface area contributed by atoms with Gasteiger partial charge in [-0.3, -0.25) is 0 Å². The van der Waals surface area contributed by atoms with Crippen LogP contribution in [0.5, 0.6) is 0 Å². The number of para-hydroxylation sites is 2. The number of rotatable bonds is 3. The number of thiophene rings is 1. The van der Waals surface area contributed by atoms with E-state index in [2.05, 4.69) is 167 Å². The molecule has 0 saturated heterocycles. The van der Waals surface area contributed by atoms with Crippen molar-refractivity contribution in [1.82, 2.24) is 9.13 Å². The van der Waals surface area contributed by atoms with Gasteiger partial charge in [0.15, 0.2) is 0 Å². The SMILES string of the molecule is c1ccc(-c2ccc(-n3c4ccccc4c4cc5c(cc43)c3ccccc3n5-c3cccc4sc5ccccc5c34)cc2)cc1. The van der Waals surface area contributed by atoms with Gasteiger partial charge in [-0.15, -0.1) is 11.3 Å². The number of fused-ring (bicyclic) bond motifs is 9. The first-order chi connectivity index (χ1) is 22.3. The molecule has 0 aliphatic rings. The van der Waals surface area contributed by atoms with Crippen LogP contribution in [0.1, 0.15) is 0 Å². The average Bonchev–Trinajstić information content (AvgIpc) is 3.75. The van der Waals surface area contributed by atoms with Gasteiger partial charge in [0.2, 0.25) is 0 Å². The molecule has 0 spiro atoms. The summed E-state index contributed by atoms with van der Waals surface area (Å²) >= 11 is 1.87. The maximum absolute atomic E-state index is 2.49. The van der Waals surface area contributed by atoms with Crippen LogP contribution in [0.3, 0.4) is 0 Å². The molecule has 0 aliphatic carbocycles. The molecule has 45 heavy (non-hydrogen) atoms. The molecular formula is C42H26N2S. The molecule has 10 aromatic rings. The first kappa shape index (κ1) is 24.8. The van der Waals surface area contributed by atoms with Crippen LogP contribution in [0.4, 0.5) is 0 Å². The lowest BCUT2D eigenvalue weighted by molar-refractivity contribution is 1.18. The topological polar surface area (TPSA) is 9.86 Å². The number of aromatic nitrogens is 2. The van der Waals surface area contributed by atoms with Gasteiger partial charge >= 0.3 is 0 Å². The van der Waals surface area contributed by atoms with Crippen molar-refractivity contribution in [3.63, 3.8) is 0 Å². The zero-order valence-electron chi connectivity index (χ0n) is 24.3. The van der Waals surface area contributed by atoms with E-state index in [0.29, 0.717) is 0 Å². The lowest BCUT2D eigenvalue weighted by Crippen LogP contribution is -1.95. The van der Waals surface area contributed by atoms with Crippen molar-refractivity contribution in [3.8, 4) is 22.5 Å². The monoisotopic (exact) mass is 590 g/mol. The van der Waals surface area contributed by atoms with E-state index < -0.39 is 0 Å². The molecule has 2 nitrogen and oxygen atoms in total. The number of hydrogen-bond donors (Lipinski definition) is 0. The zero-order chi connectivity index (χ0) is 29.5. The van der Waals surface area contributed by atoms with Crippen molar-refractivity contribution in [2.75, 3.05) is 0 Å². The minimum atomic E-state index is 1.17. The van der Waals surface area contributed by atoms with E-state index in [1.165, 1.54) is 86.3 Å². The summed E-state index contributed by atoms with van der Waals surface area (Å²) in [4.78, 5) is 0. The summed E-state index contributed by atoms with van der Waals surface area (Å²) in [6.45, 7) is 0. The molecule has 7 aromatic carbocycles. The molecular weight excluding hydrogens is 565 g/mol. The van der Waals surface area contributed by atoms with Gasteiger partial charge in [0.05, 0.1) is 27.8 Å². The van der Waals surface area contributed by atoms with E-state index in [4.69, 9.17) is 0 Å². The lowest BCUT2D eigenvalue weighted by atomic mass is 10.1. The summed E-state index contributed by atoms with van der Waals surface area (Å²) in [7, 11) is 0. The Morgan fingerprint density at radius 1 is 0.356 bits per heavy atom. The van der Waals surface area contributed by atoms with Crippen LogP contribution >= 0.6 is 11.3 Å². The van der Waals surface area contributed by atoms with Gasteiger partial charge in [0.25, 0.3) is 0 Å². The highest BCUT2D eigenvalue weighted by atomic mass is 32.1. The van der Waals surface area contributed by atoms with E-state index in [0.717, 1.165) is 0 Å². The molecule has 10 rings (SSSR count). The van der Waals surface area contributed by atoms with Crippen LogP contribution in [-0.2, 0) is 0 Å². The normalized spacial score (nSPS) is 12.0. The molecule has 210 valence electrons. The van der Waals surface area contributed by atoms with E-state index in [9.17, 15) is 0 Å². The second-order valence-electron chi connectivity index (χ2n) is 11.8. The van der Waals surface area contributed by atoms with E-state index in [1.807, 2.05) is 11.3 Å². The highest BCUT2D eigenvalue weighted by molar-refractivity contribution is 7.25. The van der Waals surface area contributed by atoms with Crippen molar-refractivity contribution in [3.05, 3.63) is 158 Å². The summed E-state index contributed by atoms with van der Waals surface area (Å²) in [5, 5.41) is 7.69. The Labute approximate surface area is 263 Å². The predicted molar refractivity (Wildman–Crippen MR) is 193 cm³/mol. The Hall–Kier alpha value is -5.64. The Morgan fingerprint density at radius 3 is 1.64 bits per heavy atom. The summed E-state index contributed by atoms with van der Waals surface area (Å²) in [6.07, 6.45) is 0. The largest absolute Gasteiger partial charge is 0.309 e. The number of nitrogens with zero attached hydrogens (tertiary/aromatic N) is 2. The van der Waals surface area contributed by atoms with Crippen molar-refractivity contribution in [2.24, 2.45) is 0 Å². The van der Waals surface area contributed by atoms with Crippen molar-refractivity contribution < 1.29 is 0 Å². The fraction of sp³-hybridized carbons (Fsp3) is 0. The van der Waals surface area contributed by atoms with Gasteiger partial charge in [0, 0.05) is 47.4 Å². The van der Waals surface area contributed by atoms with Crippen LogP contribution in [0, 0.1) is 0 Å². The fourth-order valence-corrected chi connectivity index (χ4v) is 8.47. The number of hydrogen-bond acceptors (Lipinski definition) is 1. The average molecular weight is 591 g/mol. The maximum atomic E-state index is 2.49. The Balaban J connectivity index is 1.29. The van der Waals surface area contributed by atoms with Crippen LogP contribution in [-0.4, -0.2) is 9.13 Å². The molecule has 0 aliphatic heterocycles. The first-order valence-electron chi connectivity index (χ1n) is 15.4. The summed E-state index contributed by atoms with van der Waals surface area (Å²) in [5.74, 6) is 0. The van der Waals surface area contributed by atoms with E-state index in [1.54, 1.807) is 0 Å². The summed E-state index contributed by atoms with van der Waals surface area (Å²) in [5.41, 5.74) is 9.75. The van der Waals surface area contributed by atoms with Crippen molar-refractivity contribution in [1.29, 1.82) is 0 Å². The summed E-state index contributed by atoms with van der Waals surface area (Å²) < 4.78 is 7.56. The number of benzene rings is 7.